The predicted molar refractivity (Wildman–Crippen MR) is 67.3 cm³/mol. The van der Waals surface area contributed by atoms with Gasteiger partial charge in [-0.3, -0.25) is 14.8 Å². The number of aromatic nitrogens is 2. The van der Waals surface area contributed by atoms with Crippen molar-refractivity contribution in [2.24, 2.45) is 0 Å². The standard InChI is InChI=1S/C13H8N2OS/c16-13(12-7-14-8-17-12)10-4-3-9-2-1-5-15-11(9)6-10/h1-8H. The van der Waals surface area contributed by atoms with Crippen LogP contribution in [0.2, 0.25) is 0 Å². The molecule has 0 amide bonds. The van der Waals surface area contributed by atoms with Crippen LogP contribution in [0.5, 0.6) is 0 Å². The summed E-state index contributed by atoms with van der Waals surface area (Å²) in [6.45, 7) is 0. The molecular formula is C13H8N2OS. The van der Waals surface area contributed by atoms with E-state index in [1.807, 2.05) is 30.3 Å². The lowest BCUT2D eigenvalue weighted by Gasteiger charge is -2.00. The maximum atomic E-state index is 12.1. The Morgan fingerprint density at radius 3 is 3.00 bits per heavy atom. The minimum atomic E-state index is 0.0000491. The molecule has 0 unspecified atom stereocenters. The molecule has 3 nitrogen and oxygen atoms in total. The summed E-state index contributed by atoms with van der Waals surface area (Å²) in [7, 11) is 0. The van der Waals surface area contributed by atoms with Crippen molar-refractivity contribution in [3.63, 3.8) is 0 Å². The highest BCUT2D eigenvalue weighted by Gasteiger charge is 2.11. The Morgan fingerprint density at radius 1 is 1.24 bits per heavy atom. The van der Waals surface area contributed by atoms with E-state index in [1.54, 1.807) is 17.9 Å². The Bertz CT molecular complexity index is 677. The molecule has 0 aliphatic heterocycles. The molecule has 0 spiro atoms. The molecule has 0 radical (unpaired) electrons. The summed E-state index contributed by atoms with van der Waals surface area (Å²) >= 11 is 1.35. The van der Waals surface area contributed by atoms with Gasteiger partial charge in [-0.1, -0.05) is 18.2 Å². The minimum Gasteiger partial charge on any atom is -0.288 e. The van der Waals surface area contributed by atoms with Gasteiger partial charge in [0.15, 0.2) is 0 Å². The number of hydrogen-bond acceptors (Lipinski definition) is 4. The molecule has 2 heterocycles. The summed E-state index contributed by atoms with van der Waals surface area (Å²) in [4.78, 5) is 20.9. The first kappa shape index (κ1) is 10.1. The number of carbonyl (C=O) groups is 1. The van der Waals surface area contributed by atoms with Gasteiger partial charge in [-0.25, -0.2) is 0 Å². The molecule has 0 aliphatic rings. The van der Waals surface area contributed by atoms with Crippen LogP contribution in [-0.2, 0) is 0 Å². The van der Waals surface area contributed by atoms with Gasteiger partial charge in [-0.2, -0.15) is 0 Å². The maximum absolute atomic E-state index is 12.1. The number of carbonyl (C=O) groups excluding carboxylic acids is 1. The monoisotopic (exact) mass is 240 g/mol. The van der Waals surface area contributed by atoms with Gasteiger partial charge in [-0.05, 0) is 12.1 Å². The first-order valence-corrected chi connectivity index (χ1v) is 6.00. The highest BCUT2D eigenvalue weighted by molar-refractivity contribution is 7.11. The van der Waals surface area contributed by atoms with Gasteiger partial charge >= 0.3 is 0 Å². The van der Waals surface area contributed by atoms with Crippen molar-refractivity contribution in [1.29, 1.82) is 0 Å². The predicted octanol–water partition coefficient (Wildman–Crippen LogP) is 2.92. The Balaban J connectivity index is 2.09. The van der Waals surface area contributed by atoms with Gasteiger partial charge in [0.25, 0.3) is 0 Å². The summed E-state index contributed by atoms with van der Waals surface area (Å²) < 4.78 is 0. The number of ketones is 1. The third-order valence-corrected chi connectivity index (χ3v) is 3.30. The molecule has 0 N–H and O–H groups in total. The van der Waals surface area contributed by atoms with E-state index in [2.05, 4.69) is 9.97 Å². The largest absolute Gasteiger partial charge is 0.288 e. The highest BCUT2D eigenvalue weighted by atomic mass is 32.1. The summed E-state index contributed by atoms with van der Waals surface area (Å²) in [6, 6.07) is 9.41. The van der Waals surface area contributed by atoms with Gasteiger partial charge in [0.1, 0.15) is 0 Å². The minimum absolute atomic E-state index is 0.0000491. The molecule has 0 aliphatic carbocycles. The van der Waals surface area contributed by atoms with Crippen LogP contribution in [0.1, 0.15) is 15.2 Å². The maximum Gasteiger partial charge on any atom is 0.204 e. The van der Waals surface area contributed by atoms with Crippen LogP contribution in [0, 0.1) is 0 Å². The van der Waals surface area contributed by atoms with Crippen LogP contribution in [0.25, 0.3) is 10.9 Å². The lowest BCUT2D eigenvalue weighted by molar-refractivity contribution is 0.104. The average Bonchev–Trinajstić information content (AvgIpc) is 2.91. The topological polar surface area (TPSA) is 42.9 Å². The number of thiazole rings is 1. The van der Waals surface area contributed by atoms with E-state index in [0.29, 0.717) is 10.4 Å². The van der Waals surface area contributed by atoms with E-state index in [4.69, 9.17) is 0 Å². The van der Waals surface area contributed by atoms with Crippen molar-refractivity contribution < 1.29 is 4.79 Å². The smallest absolute Gasteiger partial charge is 0.204 e. The second kappa shape index (κ2) is 4.07. The van der Waals surface area contributed by atoms with E-state index >= 15 is 0 Å². The fraction of sp³-hybridized carbons (Fsp3) is 0. The van der Waals surface area contributed by atoms with Gasteiger partial charge in [-0.15, -0.1) is 11.3 Å². The molecule has 0 saturated carbocycles. The van der Waals surface area contributed by atoms with Crippen molar-refractivity contribution in [2.45, 2.75) is 0 Å². The molecule has 0 saturated heterocycles. The molecule has 82 valence electrons. The molecule has 0 fully saturated rings. The van der Waals surface area contributed by atoms with Crippen molar-refractivity contribution >= 4 is 28.0 Å². The van der Waals surface area contributed by atoms with Crippen LogP contribution in [0.3, 0.4) is 0 Å². The number of fused-ring (bicyclic) bond motifs is 1. The fourth-order valence-electron chi connectivity index (χ4n) is 1.68. The molecular weight excluding hydrogens is 232 g/mol. The first-order chi connectivity index (χ1) is 8.34. The number of rotatable bonds is 2. The van der Waals surface area contributed by atoms with Crippen molar-refractivity contribution in [3.05, 3.63) is 58.7 Å². The van der Waals surface area contributed by atoms with Gasteiger partial charge < -0.3 is 0 Å². The molecule has 1 aromatic carbocycles. The second-order valence-electron chi connectivity index (χ2n) is 3.61. The Labute approximate surface area is 102 Å². The summed E-state index contributed by atoms with van der Waals surface area (Å²) in [5.41, 5.74) is 3.15. The normalized spacial score (nSPS) is 10.6. The molecule has 4 heteroatoms. The van der Waals surface area contributed by atoms with Gasteiger partial charge in [0.2, 0.25) is 5.78 Å². The van der Waals surface area contributed by atoms with E-state index in [0.717, 1.165) is 10.9 Å². The van der Waals surface area contributed by atoms with Crippen molar-refractivity contribution in [1.82, 2.24) is 9.97 Å². The number of benzene rings is 1. The van der Waals surface area contributed by atoms with Crippen LogP contribution < -0.4 is 0 Å². The first-order valence-electron chi connectivity index (χ1n) is 5.12. The quantitative estimate of drug-likeness (QED) is 0.647. The van der Waals surface area contributed by atoms with Crippen LogP contribution >= 0.6 is 11.3 Å². The van der Waals surface area contributed by atoms with E-state index < -0.39 is 0 Å². The van der Waals surface area contributed by atoms with Crippen LogP contribution in [0.15, 0.2) is 48.2 Å². The van der Waals surface area contributed by atoms with Gasteiger partial charge in [0.05, 0.1) is 15.9 Å². The zero-order chi connectivity index (χ0) is 11.7. The zero-order valence-corrected chi connectivity index (χ0v) is 9.65. The SMILES string of the molecule is O=C(c1ccc2cccnc2c1)c1cncs1. The molecule has 0 bridgehead atoms. The highest BCUT2D eigenvalue weighted by Crippen LogP contribution is 2.17. The van der Waals surface area contributed by atoms with Crippen LogP contribution in [-0.4, -0.2) is 15.8 Å². The van der Waals surface area contributed by atoms with Crippen molar-refractivity contribution in [2.75, 3.05) is 0 Å². The molecule has 3 rings (SSSR count). The van der Waals surface area contributed by atoms with E-state index in [-0.39, 0.29) is 5.78 Å². The summed E-state index contributed by atoms with van der Waals surface area (Å²) in [5.74, 6) is 0.0000491. The summed E-state index contributed by atoms with van der Waals surface area (Å²) in [6.07, 6.45) is 3.32. The van der Waals surface area contributed by atoms with Crippen LogP contribution in [0.4, 0.5) is 0 Å². The fourth-order valence-corrected chi connectivity index (χ4v) is 2.26. The Kier molecular flexibility index (Phi) is 2.42. The lowest BCUT2D eigenvalue weighted by atomic mass is 10.1. The molecule has 17 heavy (non-hydrogen) atoms. The van der Waals surface area contributed by atoms with Gasteiger partial charge in [0, 0.05) is 23.3 Å². The van der Waals surface area contributed by atoms with Crippen molar-refractivity contribution in [3.8, 4) is 0 Å². The average molecular weight is 240 g/mol. The lowest BCUT2D eigenvalue weighted by Crippen LogP contribution is -1.98. The molecule has 0 atom stereocenters. The second-order valence-corrected chi connectivity index (χ2v) is 4.49. The third kappa shape index (κ3) is 1.83. The number of hydrogen-bond donors (Lipinski definition) is 0. The molecule has 3 aromatic rings. The number of pyridine rings is 1. The Morgan fingerprint density at radius 2 is 2.18 bits per heavy atom. The molecule has 2 aromatic heterocycles. The number of nitrogens with zero attached hydrogens (tertiary/aromatic N) is 2. The van der Waals surface area contributed by atoms with E-state index in [1.165, 1.54) is 11.3 Å². The van der Waals surface area contributed by atoms with E-state index in [9.17, 15) is 4.79 Å². The third-order valence-electron chi connectivity index (χ3n) is 2.52. The Hall–Kier alpha value is -2.07. The summed E-state index contributed by atoms with van der Waals surface area (Å²) in [5, 5.41) is 1.04. The zero-order valence-electron chi connectivity index (χ0n) is 8.83.